The van der Waals surface area contributed by atoms with Crippen molar-refractivity contribution in [1.82, 2.24) is 0 Å². The first kappa shape index (κ1) is 15.1. The van der Waals surface area contributed by atoms with Crippen molar-refractivity contribution >= 4 is 33.3 Å². The summed E-state index contributed by atoms with van der Waals surface area (Å²) in [6, 6.07) is 10.9. The number of benzene rings is 2. The van der Waals surface area contributed by atoms with Gasteiger partial charge in [-0.25, -0.2) is 0 Å². The predicted molar refractivity (Wildman–Crippen MR) is 84.9 cm³/mol. The van der Waals surface area contributed by atoms with Gasteiger partial charge in [0.2, 0.25) is 0 Å². The first-order valence-corrected chi connectivity index (χ1v) is 7.30. The van der Waals surface area contributed by atoms with E-state index in [1.807, 2.05) is 25.1 Å². The van der Waals surface area contributed by atoms with Crippen molar-refractivity contribution in [1.29, 1.82) is 0 Å². The number of ketones is 1. The Hall–Kier alpha value is -1.32. The minimum atomic E-state index is 0.0631. The van der Waals surface area contributed by atoms with Crippen molar-refractivity contribution in [3.63, 3.8) is 0 Å². The molecular weight excluding hydrogens is 340 g/mol. The highest BCUT2D eigenvalue weighted by Crippen LogP contribution is 2.25. The molecule has 0 saturated carbocycles. The molecule has 0 aliphatic carbocycles. The molecule has 0 heterocycles. The van der Waals surface area contributed by atoms with Gasteiger partial charge in [-0.15, -0.1) is 0 Å². The molecule has 0 radical (unpaired) electrons. The lowest BCUT2D eigenvalue weighted by Crippen LogP contribution is -2.06. The topological polar surface area (TPSA) is 26.3 Å². The molecule has 0 fully saturated rings. The number of hydrogen-bond donors (Lipinski definition) is 0. The highest BCUT2D eigenvalue weighted by Gasteiger charge is 2.13. The summed E-state index contributed by atoms with van der Waals surface area (Å²) in [6.07, 6.45) is 0.320. The molecule has 0 saturated heterocycles. The molecule has 2 aromatic rings. The normalized spacial score (nSPS) is 10.4. The molecule has 0 N–H and O–H groups in total. The number of halogens is 2. The van der Waals surface area contributed by atoms with E-state index in [2.05, 4.69) is 15.9 Å². The predicted octanol–water partition coefficient (Wildman–Crippen LogP) is 4.84. The number of ether oxygens (including phenoxy) is 1. The van der Waals surface area contributed by atoms with Gasteiger partial charge in [0.25, 0.3) is 0 Å². The van der Waals surface area contributed by atoms with Crippen LogP contribution in [0.1, 0.15) is 21.5 Å². The first-order chi connectivity index (χ1) is 9.51. The lowest BCUT2D eigenvalue weighted by molar-refractivity contribution is 0.0992. The third kappa shape index (κ3) is 3.41. The number of carbonyl (C=O) groups is 1. The van der Waals surface area contributed by atoms with Crippen molar-refractivity contribution < 1.29 is 9.53 Å². The molecule has 0 aliphatic rings. The zero-order valence-electron chi connectivity index (χ0n) is 11.2. The van der Waals surface area contributed by atoms with Gasteiger partial charge in [0.05, 0.1) is 7.11 Å². The van der Waals surface area contributed by atoms with Crippen LogP contribution in [0.4, 0.5) is 0 Å². The Bertz CT molecular complexity index is 653. The average Bonchev–Trinajstić information content (AvgIpc) is 2.41. The number of carbonyl (C=O) groups excluding carboxylic acids is 1. The summed E-state index contributed by atoms with van der Waals surface area (Å²) < 4.78 is 6.09. The van der Waals surface area contributed by atoms with Crippen LogP contribution in [0.15, 0.2) is 40.9 Å². The zero-order valence-corrected chi connectivity index (χ0v) is 13.6. The molecule has 0 spiro atoms. The van der Waals surface area contributed by atoms with Crippen LogP contribution < -0.4 is 4.74 Å². The SMILES string of the molecule is COc1ccc(Br)c(CC(=O)c2ccc(Cl)cc2C)c1. The number of Topliss-reactive ketones (excluding diaryl/α,β-unsaturated/α-hetero) is 1. The van der Waals surface area contributed by atoms with Gasteiger partial charge in [-0.3, -0.25) is 4.79 Å². The van der Waals surface area contributed by atoms with E-state index < -0.39 is 0 Å². The maximum atomic E-state index is 12.4. The van der Waals surface area contributed by atoms with Crippen LogP contribution in [-0.4, -0.2) is 12.9 Å². The Morgan fingerprint density at radius 3 is 2.65 bits per heavy atom. The van der Waals surface area contributed by atoms with Gasteiger partial charge in [0.15, 0.2) is 5.78 Å². The largest absolute Gasteiger partial charge is 0.497 e. The van der Waals surface area contributed by atoms with E-state index in [0.29, 0.717) is 17.0 Å². The molecule has 20 heavy (non-hydrogen) atoms. The number of aryl methyl sites for hydroxylation is 1. The maximum Gasteiger partial charge on any atom is 0.167 e. The Morgan fingerprint density at radius 2 is 2.00 bits per heavy atom. The summed E-state index contributed by atoms with van der Waals surface area (Å²) in [5.74, 6) is 0.803. The molecule has 0 amide bonds. The average molecular weight is 354 g/mol. The van der Waals surface area contributed by atoms with Crippen molar-refractivity contribution in [3.05, 3.63) is 62.6 Å². The fourth-order valence-electron chi connectivity index (χ4n) is 2.02. The van der Waals surface area contributed by atoms with Gasteiger partial charge < -0.3 is 4.74 Å². The lowest BCUT2D eigenvalue weighted by atomic mass is 9.99. The van der Waals surface area contributed by atoms with E-state index in [1.54, 1.807) is 25.3 Å². The molecule has 0 unspecified atom stereocenters. The Labute approximate surface area is 131 Å². The molecule has 2 rings (SSSR count). The van der Waals surface area contributed by atoms with Crippen LogP contribution in [0.3, 0.4) is 0 Å². The van der Waals surface area contributed by atoms with E-state index in [1.165, 1.54) is 0 Å². The molecule has 0 bridgehead atoms. The zero-order chi connectivity index (χ0) is 14.7. The molecule has 104 valence electrons. The van der Waals surface area contributed by atoms with Crippen LogP contribution in [0.25, 0.3) is 0 Å². The van der Waals surface area contributed by atoms with Gasteiger partial charge in [0, 0.05) is 21.5 Å². The fourth-order valence-corrected chi connectivity index (χ4v) is 2.64. The number of rotatable bonds is 4. The third-order valence-electron chi connectivity index (χ3n) is 3.09. The molecular formula is C16H14BrClO2. The number of hydrogen-bond acceptors (Lipinski definition) is 2. The summed E-state index contributed by atoms with van der Waals surface area (Å²) in [4.78, 5) is 12.4. The molecule has 0 atom stereocenters. The summed E-state index contributed by atoms with van der Waals surface area (Å²) in [7, 11) is 1.61. The fraction of sp³-hybridized carbons (Fsp3) is 0.188. The quantitative estimate of drug-likeness (QED) is 0.735. The van der Waals surface area contributed by atoms with Gasteiger partial charge in [0.1, 0.15) is 5.75 Å². The minimum absolute atomic E-state index is 0.0631. The molecule has 4 heteroatoms. The van der Waals surface area contributed by atoms with Crippen molar-refractivity contribution in [2.24, 2.45) is 0 Å². The molecule has 0 aromatic heterocycles. The molecule has 2 nitrogen and oxygen atoms in total. The summed E-state index contributed by atoms with van der Waals surface area (Å²) in [5.41, 5.74) is 2.49. The Balaban J connectivity index is 2.27. The Morgan fingerprint density at radius 1 is 1.25 bits per heavy atom. The lowest BCUT2D eigenvalue weighted by Gasteiger charge is -2.09. The second kappa shape index (κ2) is 6.42. The summed E-state index contributed by atoms with van der Waals surface area (Å²) in [6.45, 7) is 1.89. The monoisotopic (exact) mass is 352 g/mol. The summed E-state index contributed by atoms with van der Waals surface area (Å²) in [5, 5.41) is 0.640. The third-order valence-corrected chi connectivity index (χ3v) is 4.10. The van der Waals surface area contributed by atoms with Crippen LogP contribution >= 0.6 is 27.5 Å². The second-order valence-electron chi connectivity index (χ2n) is 4.52. The van der Waals surface area contributed by atoms with Crippen molar-refractivity contribution in [3.8, 4) is 5.75 Å². The van der Waals surface area contributed by atoms with Gasteiger partial charge >= 0.3 is 0 Å². The van der Waals surface area contributed by atoms with E-state index >= 15 is 0 Å². The standard InChI is InChI=1S/C16H14BrClO2/c1-10-7-12(18)3-5-14(10)16(19)9-11-8-13(20-2)4-6-15(11)17/h3-8H,9H2,1-2H3. The summed E-state index contributed by atoms with van der Waals surface area (Å²) >= 11 is 9.37. The maximum absolute atomic E-state index is 12.4. The molecule has 0 aliphatic heterocycles. The van der Waals surface area contributed by atoms with Gasteiger partial charge in [-0.2, -0.15) is 0 Å². The van der Waals surface area contributed by atoms with Crippen LogP contribution in [0.2, 0.25) is 5.02 Å². The minimum Gasteiger partial charge on any atom is -0.497 e. The first-order valence-electron chi connectivity index (χ1n) is 6.13. The highest BCUT2D eigenvalue weighted by atomic mass is 79.9. The van der Waals surface area contributed by atoms with E-state index in [-0.39, 0.29) is 5.78 Å². The number of methoxy groups -OCH3 is 1. The second-order valence-corrected chi connectivity index (χ2v) is 5.81. The Kier molecular flexibility index (Phi) is 4.84. The van der Waals surface area contributed by atoms with Crippen molar-refractivity contribution in [2.45, 2.75) is 13.3 Å². The van der Waals surface area contributed by atoms with Gasteiger partial charge in [-0.1, -0.05) is 27.5 Å². The van der Waals surface area contributed by atoms with Crippen molar-refractivity contribution in [2.75, 3.05) is 7.11 Å². The van der Waals surface area contributed by atoms with Crippen LogP contribution in [0.5, 0.6) is 5.75 Å². The smallest absolute Gasteiger partial charge is 0.167 e. The van der Waals surface area contributed by atoms with Crippen LogP contribution in [-0.2, 0) is 6.42 Å². The molecule has 2 aromatic carbocycles. The van der Waals surface area contributed by atoms with Gasteiger partial charge in [-0.05, 0) is 54.4 Å². The van der Waals surface area contributed by atoms with Crippen LogP contribution in [0, 0.1) is 6.92 Å². The van der Waals surface area contributed by atoms with E-state index in [9.17, 15) is 4.79 Å². The van der Waals surface area contributed by atoms with E-state index in [0.717, 1.165) is 21.3 Å². The highest BCUT2D eigenvalue weighted by molar-refractivity contribution is 9.10. The van der Waals surface area contributed by atoms with E-state index in [4.69, 9.17) is 16.3 Å².